The Hall–Kier alpha value is -7.16. The normalized spacial score (nSPS) is 11.3. The second kappa shape index (κ2) is 13.4. The fourth-order valence-electron chi connectivity index (χ4n) is 8.15. The van der Waals surface area contributed by atoms with Gasteiger partial charge in [-0.2, -0.15) is 0 Å². The molecule has 2 nitrogen and oxygen atoms in total. The molecule has 0 bridgehead atoms. The molecule has 0 aliphatic heterocycles. The molecule has 0 aliphatic rings. The molecule has 10 rings (SSSR count). The molecule has 1 aromatic heterocycles. The number of para-hydroxylation sites is 4. The third-order valence-electron chi connectivity index (χ3n) is 10.6. The molecule has 0 unspecified atom stereocenters. The predicted molar refractivity (Wildman–Crippen MR) is 229 cm³/mol. The molecule has 9 aromatic carbocycles. The van der Waals surface area contributed by atoms with Crippen LogP contribution in [0, 0.1) is 0 Å². The van der Waals surface area contributed by atoms with Crippen molar-refractivity contribution in [2.45, 2.75) is 0 Å². The Morgan fingerprint density at radius 2 is 0.852 bits per heavy atom. The summed E-state index contributed by atoms with van der Waals surface area (Å²) in [6, 6.07) is 78.9. The molecule has 2 heteroatoms. The van der Waals surface area contributed by atoms with Crippen molar-refractivity contribution in [1.82, 2.24) is 4.57 Å². The Balaban J connectivity index is 1.23. The first-order chi connectivity index (χ1) is 26.8. The maximum Gasteiger partial charge on any atom is 0.0619 e. The van der Waals surface area contributed by atoms with Crippen LogP contribution in [0.2, 0.25) is 0 Å². The number of aromatic nitrogens is 1. The first-order valence-corrected chi connectivity index (χ1v) is 18.5. The van der Waals surface area contributed by atoms with E-state index in [1.165, 1.54) is 54.8 Å². The highest BCUT2D eigenvalue weighted by Crippen LogP contribution is 2.47. The quantitative estimate of drug-likeness (QED) is 0.162. The highest BCUT2D eigenvalue weighted by molar-refractivity contribution is 6.19. The minimum absolute atomic E-state index is 1.09. The molecule has 10 aromatic rings. The monoisotopic (exact) mass is 688 g/mol. The van der Waals surface area contributed by atoms with Gasteiger partial charge >= 0.3 is 0 Å². The largest absolute Gasteiger partial charge is 0.309 e. The fraction of sp³-hybridized carbons (Fsp3) is 0. The van der Waals surface area contributed by atoms with Crippen molar-refractivity contribution in [3.8, 4) is 39.1 Å². The summed E-state index contributed by atoms with van der Waals surface area (Å²) in [5.74, 6) is 0. The van der Waals surface area contributed by atoms with E-state index < -0.39 is 0 Å². The maximum atomic E-state index is 2.48. The van der Waals surface area contributed by atoms with E-state index in [0.29, 0.717) is 0 Å². The zero-order valence-corrected chi connectivity index (χ0v) is 29.7. The lowest BCUT2D eigenvalue weighted by Crippen LogP contribution is -2.12. The number of rotatable bonds is 7. The summed E-state index contributed by atoms with van der Waals surface area (Å²) in [5, 5.41) is 4.98. The van der Waals surface area contributed by atoms with Gasteiger partial charge in [-0.1, -0.05) is 182 Å². The van der Waals surface area contributed by atoms with E-state index in [-0.39, 0.29) is 0 Å². The Morgan fingerprint density at radius 1 is 0.315 bits per heavy atom. The van der Waals surface area contributed by atoms with Crippen LogP contribution in [0.1, 0.15) is 0 Å². The van der Waals surface area contributed by atoms with Crippen LogP contribution < -0.4 is 4.90 Å². The molecular formula is C52H36N2. The molecule has 0 radical (unpaired) electrons. The third-order valence-corrected chi connectivity index (χ3v) is 10.6. The molecule has 0 amide bonds. The van der Waals surface area contributed by atoms with Gasteiger partial charge in [0.05, 0.1) is 28.1 Å². The Bertz CT molecular complexity index is 2920. The first-order valence-electron chi connectivity index (χ1n) is 18.5. The Morgan fingerprint density at radius 3 is 1.61 bits per heavy atom. The van der Waals surface area contributed by atoms with Crippen molar-refractivity contribution in [2.24, 2.45) is 0 Å². The number of hydrogen-bond acceptors (Lipinski definition) is 1. The predicted octanol–water partition coefficient (Wildman–Crippen LogP) is 14.4. The lowest BCUT2D eigenvalue weighted by atomic mass is 9.97. The van der Waals surface area contributed by atoms with Gasteiger partial charge in [-0.05, 0) is 58.5 Å². The summed E-state index contributed by atoms with van der Waals surface area (Å²) < 4.78 is 2.48. The first kappa shape index (κ1) is 31.6. The number of anilines is 3. The topological polar surface area (TPSA) is 8.17 Å². The van der Waals surface area contributed by atoms with Gasteiger partial charge in [-0.25, -0.2) is 0 Å². The maximum absolute atomic E-state index is 2.48. The minimum atomic E-state index is 1.09. The van der Waals surface area contributed by atoms with Gasteiger partial charge < -0.3 is 9.47 Å². The molecule has 54 heavy (non-hydrogen) atoms. The SMILES string of the molecule is c1ccc(-c2ccc(N(c3ccccc3-c3ccccc3)c3ccccc3-c3ccccc3-n3c4ccccc4c4ccc5ccccc5c43)cc2)cc1. The fourth-order valence-corrected chi connectivity index (χ4v) is 8.15. The molecule has 0 atom stereocenters. The number of benzene rings is 9. The highest BCUT2D eigenvalue weighted by Gasteiger charge is 2.23. The van der Waals surface area contributed by atoms with E-state index in [4.69, 9.17) is 0 Å². The second-order valence-corrected chi connectivity index (χ2v) is 13.7. The van der Waals surface area contributed by atoms with Crippen LogP contribution in [-0.2, 0) is 0 Å². The van der Waals surface area contributed by atoms with Crippen LogP contribution in [0.15, 0.2) is 218 Å². The van der Waals surface area contributed by atoms with Gasteiger partial charge in [0.15, 0.2) is 0 Å². The second-order valence-electron chi connectivity index (χ2n) is 13.7. The van der Waals surface area contributed by atoms with E-state index in [1.807, 2.05) is 0 Å². The van der Waals surface area contributed by atoms with Gasteiger partial charge in [0, 0.05) is 38.5 Å². The van der Waals surface area contributed by atoms with Crippen LogP contribution >= 0.6 is 0 Å². The molecular weight excluding hydrogens is 653 g/mol. The Kier molecular flexibility index (Phi) is 7.85. The van der Waals surface area contributed by atoms with Crippen molar-refractivity contribution >= 4 is 49.6 Å². The van der Waals surface area contributed by atoms with Gasteiger partial charge in [-0.15, -0.1) is 0 Å². The average molecular weight is 689 g/mol. The summed E-state index contributed by atoms with van der Waals surface area (Å²) in [4.78, 5) is 2.44. The molecule has 1 heterocycles. The van der Waals surface area contributed by atoms with Gasteiger partial charge in [0.25, 0.3) is 0 Å². The molecule has 0 spiro atoms. The van der Waals surface area contributed by atoms with Gasteiger partial charge in [0.1, 0.15) is 0 Å². The summed E-state index contributed by atoms with van der Waals surface area (Å²) in [6.45, 7) is 0. The van der Waals surface area contributed by atoms with Crippen LogP contribution in [0.5, 0.6) is 0 Å². The molecule has 0 saturated carbocycles. The van der Waals surface area contributed by atoms with E-state index in [1.54, 1.807) is 0 Å². The summed E-state index contributed by atoms with van der Waals surface area (Å²) in [6.07, 6.45) is 0. The number of fused-ring (bicyclic) bond motifs is 5. The molecule has 0 aliphatic carbocycles. The van der Waals surface area contributed by atoms with E-state index in [0.717, 1.165) is 33.9 Å². The van der Waals surface area contributed by atoms with Crippen molar-refractivity contribution in [3.63, 3.8) is 0 Å². The van der Waals surface area contributed by atoms with Crippen LogP contribution in [-0.4, -0.2) is 4.57 Å². The van der Waals surface area contributed by atoms with E-state index in [2.05, 4.69) is 228 Å². The summed E-state index contributed by atoms with van der Waals surface area (Å²) >= 11 is 0. The zero-order valence-electron chi connectivity index (χ0n) is 29.7. The molecule has 0 fully saturated rings. The number of nitrogens with zero attached hydrogens (tertiary/aromatic N) is 2. The van der Waals surface area contributed by atoms with Crippen molar-refractivity contribution in [2.75, 3.05) is 4.90 Å². The van der Waals surface area contributed by atoms with Gasteiger partial charge in [0.2, 0.25) is 0 Å². The summed E-state index contributed by atoms with van der Waals surface area (Å²) in [5.41, 5.74) is 13.9. The molecule has 254 valence electrons. The van der Waals surface area contributed by atoms with Crippen LogP contribution in [0.3, 0.4) is 0 Å². The van der Waals surface area contributed by atoms with Crippen molar-refractivity contribution in [3.05, 3.63) is 218 Å². The molecule has 0 N–H and O–H groups in total. The van der Waals surface area contributed by atoms with Crippen molar-refractivity contribution in [1.29, 1.82) is 0 Å². The lowest BCUT2D eigenvalue weighted by Gasteiger charge is -2.30. The summed E-state index contributed by atoms with van der Waals surface area (Å²) in [7, 11) is 0. The standard InChI is InChI=1S/C52H36N2/c1-3-17-37(18-4-1)38-31-34-41(35-32-38)53(48-27-13-9-22-42(48)39-19-5-2-6-20-39)49-28-14-10-24-44(49)45-25-11-15-29-50(45)54-51-30-16-12-26-46(51)47-36-33-40-21-7-8-23-43(40)52(47)54/h1-36H. The highest BCUT2D eigenvalue weighted by atomic mass is 15.1. The smallest absolute Gasteiger partial charge is 0.0619 e. The van der Waals surface area contributed by atoms with Gasteiger partial charge in [-0.3, -0.25) is 0 Å². The average Bonchev–Trinajstić information content (AvgIpc) is 3.60. The number of hydrogen-bond donors (Lipinski definition) is 0. The minimum Gasteiger partial charge on any atom is -0.309 e. The van der Waals surface area contributed by atoms with Crippen molar-refractivity contribution < 1.29 is 0 Å². The molecule has 0 saturated heterocycles. The van der Waals surface area contributed by atoms with E-state index in [9.17, 15) is 0 Å². The third kappa shape index (κ3) is 5.36. The van der Waals surface area contributed by atoms with Crippen LogP contribution in [0.25, 0.3) is 71.6 Å². The van der Waals surface area contributed by atoms with E-state index >= 15 is 0 Å². The Labute approximate surface area is 315 Å². The zero-order chi connectivity index (χ0) is 35.8. The lowest BCUT2D eigenvalue weighted by molar-refractivity contribution is 1.18. The van der Waals surface area contributed by atoms with Crippen LogP contribution in [0.4, 0.5) is 17.1 Å².